The third-order valence-corrected chi connectivity index (χ3v) is 6.77. The molecule has 0 radical (unpaired) electrons. The van der Waals surface area contributed by atoms with E-state index in [-0.39, 0.29) is 18.4 Å². The van der Waals surface area contributed by atoms with Crippen molar-refractivity contribution in [2.75, 3.05) is 26.2 Å². The monoisotopic (exact) mass is 452 g/mol. The van der Waals surface area contributed by atoms with Gasteiger partial charge in [0.05, 0.1) is 18.8 Å². The van der Waals surface area contributed by atoms with Crippen molar-refractivity contribution in [3.05, 3.63) is 30.4 Å². The van der Waals surface area contributed by atoms with Crippen LogP contribution < -0.4 is 10.1 Å². The lowest BCUT2D eigenvalue weighted by molar-refractivity contribution is -0.121. The van der Waals surface area contributed by atoms with Gasteiger partial charge >= 0.3 is 0 Å². The molecule has 1 aliphatic carbocycles. The predicted molar refractivity (Wildman–Crippen MR) is 127 cm³/mol. The smallest absolute Gasteiger partial charge is 0.224 e. The minimum atomic E-state index is 0.0201. The topological polar surface area (TPSA) is 93.1 Å². The van der Waals surface area contributed by atoms with E-state index in [0.29, 0.717) is 29.9 Å². The minimum Gasteiger partial charge on any atom is -0.489 e. The number of carbonyl (C=O) groups excluding carboxylic acids is 1. The van der Waals surface area contributed by atoms with Crippen LogP contribution in [0.15, 0.2) is 24.8 Å². The Bertz CT molecular complexity index is 861. The Morgan fingerprint density at radius 3 is 2.24 bits per heavy atom. The average Bonchev–Trinajstić information content (AvgIpc) is 2.86. The van der Waals surface area contributed by atoms with Crippen LogP contribution in [-0.2, 0) is 11.2 Å². The molecule has 33 heavy (non-hydrogen) atoms. The zero-order valence-corrected chi connectivity index (χ0v) is 19.7. The van der Waals surface area contributed by atoms with E-state index >= 15 is 0 Å². The van der Waals surface area contributed by atoms with Gasteiger partial charge in [0.1, 0.15) is 6.61 Å². The maximum atomic E-state index is 12.4. The van der Waals surface area contributed by atoms with Crippen molar-refractivity contribution in [1.29, 1.82) is 0 Å². The van der Waals surface area contributed by atoms with E-state index in [1.54, 1.807) is 24.8 Å². The molecule has 1 saturated carbocycles. The molecule has 2 aromatic heterocycles. The molecule has 2 aliphatic rings. The highest BCUT2D eigenvalue weighted by molar-refractivity contribution is 5.78. The van der Waals surface area contributed by atoms with Gasteiger partial charge in [0.15, 0.2) is 17.4 Å². The fourth-order valence-electron chi connectivity index (χ4n) is 4.79. The van der Waals surface area contributed by atoms with Crippen LogP contribution in [0, 0.1) is 5.92 Å². The first-order valence-corrected chi connectivity index (χ1v) is 12.5. The summed E-state index contributed by atoms with van der Waals surface area (Å²) in [5.41, 5.74) is 0.782. The number of nitrogens with one attached hydrogen (secondary N) is 1. The number of hydrogen-bond donors (Lipinski definition) is 1. The molecule has 1 atom stereocenters. The zero-order chi connectivity index (χ0) is 22.9. The van der Waals surface area contributed by atoms with Crippen LogP contribution in [0.2, 0.25) is 0 Å². The van der Waals surface area contributed by atoms with E-state index in [4.69, 9.17) is 4.74 Å². The molecule has 0 bridgehead atoms. The summed E-state index contributed by atoms with van der Waals surface area (Å²) in [5, 5.41) is 3.15. The number of nitrogens with zero attached hydrogens (tertiary/aromatic N) is 5. The highest BCUT2D eigenvalue weighted by Crippen LogP contribution is 2.26. The second-order valence-corrected chi connectivity index (χ2v) is 9.34. The Morgan fingerprint density at radius 1 is 0.970 bits per heavy atom. The highest BCUT2D eigenvalue weighted by atomic mass is 16.5. The number of aromatic nitrogens is 4. The fourth-order valence-corrected chi connectivity index (χ4v) is 4.79. The van der Waals surface area contributed by atoms with Crippen molar-refractivity contribution in [3.8, 4) is 17.4 Å². The van der Waals surface area contributed by atoms with Gasteiger partial charge in [0.2, 0.25) is 5.91 Å². The van der Waals surface area contributed by atoms with Crippen molar-refractivity contribution in [2.24, 2.45) is 5.92 Å². The number of carbonyl (C=O) groups is 1. The van der Waals surface area contributed by atoms with Gasteiger partial charge in [-0.2, -0.15) is 0 Å². The van der Waals surface area contributed by atoms with Crippen LogP contribution in [0.5, 0.6) is 5.75 Å². The van der Waals surface area contributed by atoms with Gasteiger partial charge in [-0.05, 0) is 57.2 Å². The molecule has 178 valence electrons. The summed E-state index contributed by atoms with van der Waals surface area (Å²) in [5.74, 6) is 2.15. The molecule has 2 aromatic rings. The second-order valence-electron chi connectivity index (χ2n) is 9.34. The van der Waals surface area contributed by atoms with Crippen LogP contribution in [0.25, 0.3) is 11.6 Å². The molecule has 1 aliphatic heterocycles. The molecule has 1 N–H and O–H groups in total. The summed E-state index contributed by atoms with van der Waals surface area (Å²) in [6.07, 6.45) is 17.1. The van der Waals surface area contributed by atoms with Gasteiger partial charge < -0.3 is 10.1 Å². The molecule has 1 amide bonds. The summed E-state index contributed by atoms with van der Waals surface area (Å²) in [6, 6.07) is 0.215. The number of piperidine rings is 1. The van der Waals surface area contributed by atoms with Gasteiger partial charge in [0.25, 0.3) is 0 Å². The van der Waals surface area contributed by atoms with Gasteiger partial charge in [-0.25, -0.2) is 19.9 Å². The normalized spacial score (nSPS) is 18.6. The molecule has 1 saturated heterocycles. The summed E-state index contributed by atoms with van der Waals surface area (Å²) >= 11 is 0. The Morgan fingerprint density at radius 2 is 1.58 bits per heavy atom. The molecule has 2 fully saturated rings. The van der Waals surface area contributed by atoms with Gasteiger partial charge in [-0.15, -0.1) is 0 Å². The minimum absolute atomic E-state index is 0.0201. The molecule has 8 nitrogen and oxygen atoms in total. The number of ether oxygens (including phenoxy) is 1. The number of amides is 1. The van der Waals surface area contributed by atoms with Gasteiger partial charge in [0, 0.05) is 25.0 Å². The lowest BCUT2D eigenvalue weighted by atomic mass is 9.84. The van der Waals surface area contributed by atoms with Crippen molar-refractivity contribution in [2.45, 2.75) is 70.8 Å². The Hall–Kier alpha value is -2.61. The molecular formula is C25H36N6O2. The van der Waals surface area contributed by atoms with Gasteiger partial charge in [-0.1, -0.05) is 25.7 Å². The van der Waals surface area contributed by atoms with E-state index in [1.807, 2.05) is 0 Å². The quantitative estimate of drug-likeness (QED) is 0.623. The molecular weight excluding hydrogens is 416 g/mol. The SMILES string of the molecule is C[C@H](NC(=O)Cc1cnc(-c2ncc(OCCN3CCCCC3)cn2)nc1)C1CCCCC1. The first kappa shape index (κ1) is 23.5. The summed E-state index contributed by atoms with van der Waals surface area (Å²) in [6.45, 7) is 6.00. The second kappa shape index (κ2) is 12.0. The maximum Gasteiger partial charge on any atom is 0.224 e. The van der Waals surface area contributed by atoms with Crippen molar-refractivity contribution >= 4 is 5.91 Å². The number of likely N-dealkylation sites (tertiary alicyclic amines) is 1. The van der Waals surface area contributed by atoms with E-state index in [9.17, 15) is 4.79 Å². The Kier molecular flexibility index (Phi) is 8.58. The average molecular weight is 453 g/mol. The van der Waals surface area contributed by atoms with E-state index in [0.717, 1.165) is 25.2 Å². The third-order valence-electron chi connectivity index (χ3n) is 6.77. The molecule has 0 spiro atoms. The van der Waals surface area contributed by atoms with E-state index in [1.165, 1.54) is 51.4 Å². The largest absolute Gasteiger partial charge is 0.489 e. The maximum absolute atomic E-state index is 12.4. The molecule has 8 heteroatoms. The molecule has 0 aromatic carbocycles. The fraction of sp³-hybridized carbons (Fsp3) is 0.640. The summed E-state index contributed by atoms with van der Waals surface area (Å²) < 4.78 is 5.79. The predicted octanol–water partition coefficient (Wildman–Crippen LogP) is 3.43. The Labute approximate surface area is 196 Å². The van der Waals surface area contributed by atoms with Crippen LogP contribution >= 0.6 is 0 Å². The van der Waals surface area contributed by atoms with Crippen molar-refractivity contribution < 1.29 is 9.53 Å². The van der Waals surface area contributed by atoms with E-state index < -0.39 is 0 Å². The highest BCUT2D eigenvalue weighted by Gasteiger charge is 2.21. The number of rotatable bonds is 9. The standard InChI is InChI=1S/C25H36N6O2/c1-19(21-8-4-2-5-9-21)30-23(32)14-20-15-26-24(27-16-20)25-28-17-22(18-29-25)33-13-12-31-10-6-3-7-11-31/h15-19,21H,2-14H2,1H3,(H,30,32)/t19-/m0/s1. The van der Waals surface area contributed by atoms with Crippen LogP contribution in [0.4, 0.5) is 0 Å². The first-order valence-electron chi connectivity index (χ1n) is 12.5. The van der Waals surface area contributed by atoms with Crippen LogP contribution in [0.3, 0.4) is 0 Å². The van der Waals surface area contributed by atoms with Crippen molar-refractivity contribution in [3.63, 3.8) is 0 Å². The van der Waals surface area contributed by atoms with Crippen molar-refractivity contribution in [1.82, 2.24) is 30.2 Å². The van der Waals surface area contributed by atoms with Crippen LogP contribution in [-0.4, -0.2) is 63.0 Å². The molecule has 3 heterocycles. The number of hydrogen-bond acceptors (Lipinski definition) is 7. The first-order chi connectivity index (χ1) is 16.2. The van der Waals surface area contributed by atoms with Gasteiger partial charge in [-0.3, -0.25) is 9.69 Å². The lowest BCUT2D eigenvalue weighted by Gasteiger charge is -2.28. The third kappa shape index (κ3) is 7.19. The summed E-state index contributed by atoms with van der Waals surface area (Å²) in [7, 11) is 0. The van der Waals surface area contributed by atoms with E-state index in [2.05, 4.69) is 37.1 Å². The Balaban J connectivity index is 1.23. The molecule has 4 rings (SSSR count). The summed E-state index contributed by atoms with van der Waals surface area (Å²) in [4.78, 5) is 32.3. The van der Waals surface area contributed by atoms with Crippen LogP contribution in [0.1, 0.15) is 63.9 Å². The zero-order valence-electron chi connectivity index (χ0n) is 19.7. The molecule has 0 unspecified atom stereocenters. The lowest BCUT2D eigenvalue weighted by Crippen LogP contribution is -2.39.